The lowest BCUT2D eigenvalue weighted by atomic mass is 9.70. The van der Waals surface area contributed by atoms with Gasteiger partial charge in [0, 0.05) is 33.9 Å². The number of fused-ring (bicyclic) bond motifs is 12. The van der Waals surface area contributed by atoms with Crippen molar-refractivity contribution in [3.8, 4) is 55.6 Å². The van der Waals surface area contributed by atoms with Crippen molar-refractivity contribution < 1.29 is 0 Å². The summed E-state index contributed by atoms with van der Waals surface area (Å²) in [6.07, 6.45) is 3.87. The molecule has 16 rings (SSSR count). The highest BCUT2D eigenvalue weighted by atomic mass is 15.2. The van der Waals surface area contributed by atoms with Gasteiger partial charge in [-0.1, -0.05) is 243 Å². The molecule has 386 valence electrons. The summed E-state index contributed by atoms with van der Waals surface area (Å²) in [4.78, 5) is 4.93. The average Bonchev–Trinajstić information content (AvgIpc) is 1.98. The van der Waals surface area contributed by atoms with Crippen LogP contribution in [-0.2, 0) is 10.8 Å². The summed E-state index contributed by atoms with van der Waals surface area (Å²) < 4.78 is 0. The fraction of sp³-hybridized carbons (Fsp3) is 0.0500. The van der Waals surface area contributed by atoms with Crippen LogP contribution >= 0.6 is 0 Å². The van der Waals surface area contributed by atoms with Gasteiger partial charge in [-0.25, -0.2) is 0 Å². The van der Waals surface area contributed by atoms with Gasteiger partial charge in [0.1, 0.15) is 0 Å². The van der Waals surface area contributed by atoms with Crippen LogP contribution in [0.1, 0.15) is 66.8 Å². The maximum atomic E-state index is 4.10. The zero-order chi connectivity index (χ0) is 54.8. The molecule has 2 heteroatoms. The third-order valence-corrected chi connectivity index (χ3v) is 18.3. The van der Waals surface area contributed by atoms with Crippen LogP contribution in [0, 0.1) is 13.8 Å². The molecule has 0 heterocycles. The molecule has 2 nitrogen and oxygen atoms in total. The molecule has 4 aliphatic rings. The Morgan fingerprint density at radius 1 is 0.305 bits per heavy atom. The van der Waals surface area contributed by atoms with E-state index in [4.69, 9.17) is 0 Å². The number of anilines is 6. The Morgan fingerprint density at radius 3 is 1.05 bits per heavy atom. The molecule has 0 aromatic heterocycles. The summed E-state index contributed by atoms with van der Waals surface area (Å²) in [7, 11) is 0. The van der Waals surface area contributed by atoms with E-state index in [9.17, 15) is 0 Å². The first-order valence-corrected chi connectivity index (χ1v) is 28.5. The number of aryl methyl sites for hydroxylation is 2. The van der Waals surface area contributed by atoms with Crippen molar-refractivity contribution >= 4 is 46.3 Å². The van der Waals surface area contributed by atoms with Gasteiger partial charge in [-0.2, -0.15) is 0 Å². The van der Waals surface area contributed by atoms with E-state index >= 15 is 0 Å². The second-order valence-corrected chi connectivity index (χ2v) is 22.5. The molecule has 82 heavy (non-hydrogen) atoms. The standard InChI is InChI=1S/C80H56N2/c1-5-53-27-35-57(36-28-53)79-69-23-15-13-21-63(69)65-45-47-73(75(77(65)79)67-43-25-51(3)49-71(67)79)81(59-17-9-7-10-18-59)61-39-31-55(32-40-61)56-33-41-62(42-34-56)82(60-19-11-8-12-20-60)74-48-46-66-64-22-14-16-24-70(64)80(58-37-29-54(6-2)30-38-58)72-50-52(4)26-44-68(72)76(74)78(66)80/h5-50H,1-2H2,3-4H3. The van der Waals surface area contributed by atoms with Crippen LogP contribution in [0.2, 0.25) is 0 Å². The molecule has 0 saturated carbocycles. The number of hydrogen-bond acceptors (Lipinski definition) is 2. The quantitative estimate of drug-likeness (QED) is 0.127. The van der Waals surface area contributed by atoms with Crippen molar-refractivity contribution in [2.75, 3.05) is 9.80 Å². The Bertz CT molecular complexity index is 4290. The number of nitrogens with zero attached hydrogens (tertiary/aromatic N) is 2. The van der Waals surface area contributed by atoms with Crippen LogP contribution in [0.3, 0.4) is 0 Å². The van der Waals surface area contributed by atoms with Gasteiger partial charge in [-0.15, -0.1) is 0 Å². The summed E-state index contributed by atoms with van der Waals surface area (Å²) in [5.41, 5.74) is 33.6. The maximum absolute atomic E-state index is 4.10. The first-order valence-electron chi connectivity index (χ1n) is 28.5. The Labute approximate surface area is 480 Å². The highest BCUT2D eigenvalue weighted by Gasteiger charge is 2.55. The van der Waals surface area contributed by atoms with Crippen molar-refractivity contribution in [3.63, 3.8) is 0 Å². The summed E-state index contributed by atoms with van der Waals surface area (Å²) in [5.74, 6) is 0. The predicted molar refractivity (Wildman–Crippen MR) is 343 cm³/mol. The summed E-state index contributed by atoms with van der Waals surface area (Å²) >= 11 is 0. The van der Waals surface area contributed by atoms with Crippen LogP contribution < -0.4 is 9.80 Å². The van der Waals surface area contributed by atoms with Gasteiger partial charge in [-0.3, -0.25) is 0 Å². The lowest BCUT2D eigenvalue weighted by molar-refractivity contribution is 0.791. The van der Waals surface area contributed by atoms with E-state index in [1.807, 2.05) is 12.2 Å². The summed E-state index contributed by atoms with van der Waals surface area (Å²) in [6, 6.07) is 100. The van der Waals surface area contributed by atoms with Gasteiger partial charge in [0.05, 0.1) is 22.2 Å². The van der Waals surface area contributed by atoms with Gasteiger partial charge < -0.3 is 9.80 Å². The molecule has 0 bridgehead atoms. The largest absolute Gasteiger partial charge is 0.310 e. The fourth-order valence-electron chi connectivity index (χ4n) is 14.9. The molecule has 0 aliphatic heterocycles. The normalized spacial score (nSPS) is 15.9. The molecule has 12 aromatic carbocycles. The van der Waals surface area contributed by atoms with Gasteiger partial charge in [0.25, 0.3) is 0 Å². The average molecular weight is 1050 g/mol. The Kier molecular flexibility index (Phi) is 10.5. The van der Waals surface area contributed by atoms with Gasteiger partial charge in [-0.05, 0) is 175 Å². The number of para-hydroxylation sites is 2. The molecule has 2 atom stereocenters. The van der Waals surface area contributed by atoms with Crippen LogP contribution in [0.25, 0.3) is 67.8 Å². The van der Waals surface area contributed by atoms with Gasteiger partial charge in [0.2, 0.25) is 0 Å². The molecule has 0 fully saturated rings. The van der Waals surface area contributed by atoms with Crippen molar-refractivity contribution in [1.29, 1.82) is 0 Å². The third kappa shape index (κ3) is 6.58. The second kappa shape index (κ2) is 18.1. The monoisotopic (exact) mass is 1040 g/mol. The summed E-state index contributed by atoms with van der Waals surface area (Å²) in [5, 5.41) is 0. The Hall–Kier alpha value is -10.3. The van der Waals surface area contributed by atoms with Crippen molar-refractivity contribution in [3.05, 3.63) is 347 Å². The van der Waals surface area contributed by atoms with E-state index in [0.717, 1.165) is 56.4 Å². The minimum atomic E-state index is -0.483. The Morgan fingerprint density at radius 2 is 0.659 bits per heavy atom. The number of benzene rings is 12. The molecule has 4 aliphatic carbocycles. The molecule has 2 unspecified atom stereocenters. The topological polar surface area (TPSA) is 6.48 Å². The van der Waals surface area contributed by atoms with Crippen molar-refractivity contribution in [2.24, 2.45) is 0 Å². The summed E-state index contributed by atoms with van der Waals surface area (Å²) in [6.45, 7) is 12.6. The molecule has 0 amide bonds. The van der Waals surface area contributed by atoms with Crippen molar-refractivity contribution in [1.82, 2.24) is 0 Å². The molecule has 12 aromatic rings. The van der Waals surface area contributed by atoms with Crippen LogP contribution in [0.5, 0.6) is 0 Å². The molecule has 0 N–H and O–H groups in total. The van der Waals surface area contributed by atoms with E-state index < -0.39 is 10.8 Å². The SMILES string of the molecule is C=Cc1ccc(C23c4ccccc4-c4ccc(N(c5ccccc5)c5ccc(-c6ccc(N(c7ccccc7)c7ccc8c9c7-c7ccc(C)cc7C9(c7ccc(C=C)cc7)c7ccccc7-8)cc6)cc5)c(c42)-c2ccc(C)cc23)cc1. The molecular weight excluding hydrogens is 989 g/mol. The van der Waals surface area contributed by atoms with Crippen LogP contribution in [0.15, 0.2) is 280 Å². The maximum Gasteiger partial charge on any atom is 0.0726 e. The van der Waals surface area contributed by atoms with E-state index in [2.05, 4.69) is 304 Å². The third-order valence-electron chi connectivity index (χ3n) is 18.3. The molecular formula is C80H56N2. The first-order chi connectivity index (χ1) is 40.4. The van der Waals surface area contributed by atoms with E-state index in [0.29, 0.717) is 0 Å². The number of hydrogen-bond donors (Lipinski definition) is 0. The smallest absolute Gasteiger partial charge is 0.0726 e. The second-order valence-electron chi connectivity index (χ2n) is 22.5. The van der Waals surface area contributed by atoms with Gasteiger partial charge >= 0.3 is 0 Å². The lowest BCUT2D eigenvalue weighted by Gasteiger charge is -2.32. The highest BCUT2D eigenvalue weighted by molar-refractivity contribution is 6.07. The van der Waals surface area contributed by atoms with Crippen LogP contribution in [-0.4, -0.2) is 0 Å². The van der Waals surface area contributed by atoms with E-state index in [1.54, 1.807) is 0 Å². The zero-order valence-electron chi connectivity index (χ0n) is 45.9. The zero-order valence-corrected chi connectivity index (χ0v) is 45.9. The minimum Gasteiger partial charge on any atom is -0.310 e. The first kappa shape index (κ1) is 47.7. The van der Waals surface area contributed by atoms with E-state index in [1.165, 1.54) is 100 Å². The fourth-order valence-corrected chi connectivity index (χ4v) is 14.9. The lowest BCUT2D eigenvalue weighted by Crippen LogP contribution is -2.26. The van der Waals surface area contributed by atoms with Crippen LogP contribution in [0.4, 0.5) is 34.1 Å². The Balaban J connectivity index is 0.818. The minimum absolute atomic E-state index is 0.483. The van der Waals surface area contributed by atoms with Crippen molar-refractivity contribution in [2.45, 2.75) is 24.7 Å². The predicted octanol–water partition coefficient (Wildman–Crippen LogP) is 20.9. The molecule has 0 saturated heterocycles. The van der Waals surface area contributed by atoms with E-state index in [-0.39, 0.29) is 0 Å². The number of rotatable bonds is 11. The molecule has 0 radical (unpaired) electrons. The van der Waals surface area contributed by atoms with Gasteiger partial charge in [0.15, 0.2) is 0 Å². The highest BCUT2D eigenvalue weighted by Crippen LogP contribution is 2.68. The molecule has 0 spiro atoms.